The second-order valence-corrected chi connectivity index (χ2v) is 17.7. The molecular weight excluding hydrogens is 356 g/mol. The maximum absolute atomic E-state index is 12.6. The highest BCUT2D eigenvalue weighted by atomic mass is 28.4. The van der Waals surface area contributed by atoms with Crippen LogP contribution < -0.4 is 0 Å². The quantitative estimate of drug-likeness (QED) is 0.408. The van der Waals surface area contributed by atoms with Crippen LogP contribution in [0.5, 0.6) is 0 Å². The molecule has 0 N–H and O–H groups in total. The molecule has 0 aromatic rings. The Labute approximate surface area is 146 Å². The number of alkyl halides is 3. The van der Waals surface area contributed by atoms with Crippen molar-refractivity contribution in [2.24, 2.45) is 0 Å². The van der Waals surface area contributed by atoms with Crippen molar-refractivity contribution in [3.8, 4) is 0 Å². The normalized spacial score (nSPS) is 13.4. The number of hydrogen-bond acceptors (Lipinski definition) is 3. The summed E-state index contributed by atoms with van der Waals surface area (Å²) in [5.74, 6) is 0. The lowest BCUT2D eigenvalue weighted by molar-refractivity contribution is -0.159. The Morgan fingerprint density at radius 3 is 1.22 bits per heavy atom. The summed E-state index contributed by atoms with van der Waals surface area (Å²) in [7, 11) is -4.10. The average Bonchev–Trinajstić information content (AvgIpc) is 2.54. The molecule has 0 unspecified atom stereocenters. The largest absolute Gasteiger partial charge is 0.883 e. The first kappa shape index (κ1) is 23.6. The standard InChI is InChI=1S/2C6H15OSi.C2H2F3O.Al/c2*1-4-8(7,5-2)6-3;3-2(4,5)1-6;/h2*4-6H2,1-3H3;1H2;/q3*-1;+3. The molecule has 9 heteroatoms. The summed E-state index contributed by atoms with van der Waals surface area (Å²) in [4.78, 5) is 0. The van der Waals surface area contributed by atoms with Crippen LogP contribution in [-0.4, -0.2) is 44.6 Å². The van der Waals surface area contributed by atoms with Gasteiger partial charge >= 0.3 is 21.3 Å². The second-order valence-electron chi connectivity index (χ2n) is 5.94. The molecule has 0 amide bonds. The zero-order valence-corrected chi connectivity index (χ0v) is 18.5. The average molecular weight is 389 g/mol. The van der Waals surface area contributed by atoms with Gasteiger partial charge in [0.1, 0.15) is 6.61 Å². The summed E-state index contributed by atoms with van der Waals surface area (Å²) in [5.41, 5.74) is 0. The van der Waals surface area contributed by atoms with E-state index in [9.17, 15) is 13.2 Å². The molecule has 0 aromatic heterocycles. The fourth-order valence-corrected chi connectivity index (χ4v) is 14.4. The molecule has 0 bridgehead atoms. The van der Waals surface area contributed by atoms with Gasteiger partial charge in [0.2, 0.25) is 0 Å². The van der Waals surface area contributed by atoms with E-state index in [1.165, 1.54) is 0 Å². The Hall–Kier alpha value is 0.636. The first-order valence-corrected chi connectivity index (χ1v) is 15.2. The summed E-state index contributed by atoms with van der Waals surface area (Å²) >= 11 is -2.79. The van der Waals surface area contributed by atoms with E-state index in [0.717, 1.165) is 36.3 Å². The van der Waals surface area contributed by atoms with E-state index in [-0.39, 0.29) is 0 Å². The van der Waals surface area contributed by atoms with Crippen molar-refractivity contribution in [2.45, 2.75) is 84.0 Å². The molecule has 138 valence electrons. The molecule has 0 aromatic carbocycles. The van der Waals surface area contributed by atoms with Gasteiger partial charge in [-0.1, -0.05) is 41.5 Å². The highest BCUT2D eigenvalue weighted by Crippen LogP contribution is 2.28. The van der Waals surface area contributed by atoms with Gasteiger partial charge in [-0.25, -0.2) is 0 Å². The van der Waals surface area contributed by atoms with Crippen molar-refractivity contribution in [1.29, 1.82) is 0 Å². The van der Waals surface area contributed by atoms with Crippen molar-refractivity contribution >= 4 is 31.8 Å². The molecule has 0 aliphatic carbocycles. The Bertz CT molecular complexity index is 286. The van der Waals surface area contributed by atoms with Crippen molar-refractivity contribution in [3.05, 3.63) is 0 Å². The summed E-state index contributed by atoms with van der Waals surface area (Å²) in [6.07, 6.45) is -4.35. The minimum absolute atomic E-state index is 0.876. The molecule has 0 saturated heterocycles. The number of hydrogen-bond donors (Lipinski definition) is 0. The molecule has 23 heavy (non-hydrogen) atoms. The van der Waals surface area contributed by atoms with E-state index >= 15 is 0 Å². The Morgan fingerprint density at radius 2 is 1.00 bits per heavy atom. The van der Waals surface area contributed by atoms with Crippen molar-refractivity contribution < 1.29 is 23.9 Å². The molecule has 0 atom stereocenters. The third-order valence-corrected chi connectivity index (χ3v) is 18.7. The van der Waals surface area contributed by atoms with E-state index in [1.54, 1.807) is 0 Å². The SMILES string of the molecule is CC[Si](CC)(CC)[O][Al]([O]CC(F)(F)F)[O][Si](CC)(CC)CC. The molecule has 0 aliphatic heterocycles. The zero-order valence-electron chi connectivity index (χ0n) is 15.4. The van der Waals surface area contributed by atoms with Gasteiger partial charge in [-0.15, -0.1) is 0 Å². The highest BCUT2D eigenvalue weighted by Gasteiger charge is 2.47. The molecule has 0 radical (unpaired) electrons. The van der Waals surface area contributed by atoms with Crippen molar-refractivity contribution in [3.63, 3.8) is 0 Å². The minimum atomic E-state index is -4.35. The van der Waals surface area contributed by atoms with Gasteiger partial charge in [0.05, 0.1) is 0 Å². The molecule has 0 spiro atoms. The number of rotatable bonds is 12. The maximum atomic E-state index is 12.6. The topological polar surface area (TPSA) is 27.7 Å². The smallest absolute Gasteiger partial charge is 0.499 e. The highest BCUT2D eigenvalue weighted by molar-refractivity contribution is 6.82. The van der Waals surface area contributed by atoms with Crippen LogP contribution in [0.25, 0.3) is 0 Å². The van der Waals surface area contributed by atoms with Gasteiger partial charge in [-0.05, 0) is 36.3 Å². The molecule has 3 nitrogen and oxygen atoms in total. The minimum Gasteiger partial charge on any atom is -0.499 e. The van der Waals surface area contributed by atoms with Gasteiger partial charge < -0.3 is 10.7 Å². The first-order chi connectivity index (χ1) is 10.6. The predicted molar refractivity (Wildman–Crippen MR) is 94.3 cm³/mol. The van der Waals surface area contributed by atoms with E-state index < -0.39 is 44.6 Å². The van der Waals surface area contributed by atoms with Crippen molar-refractivity contribution in [1.82, 2.24) is 0 Å². The third kappa shape index (κ3) is 8.04. The van der Waals surface area contributed by atoms with E-state index in [4.69, 9.17) is 10.7 Å². The van der Waals surface area contributed by atoms with E-state index in [1.807, 2.05) is 0 Å². The van der Waals surface area contributed by atoms with E-state index in [0.29, 0.717) is 0 Å². The Morgan fingerprint density at radius 1 is 0.696 bits per heavy atom. The van der Waals surface area contributed by atoms with Gasteiger partial charge in [0, 0.05) is 0 Å². The van der Waals surface area contributed by atoms with Gasteiger partial charge in [-0.2, -0.15) is 13.2 Å². The van der Waals surface area contributed by atoms with Crippen LogP contribution in [0, 0.1) is 0 Å². The third-order valence-electron chi connectivity index (χ3n) is 4.94. The van der Waals surface area contributed by atoms with Gasteiger partial charge in [-0.3, -0.25) is 0 Å². The summed E-state index contributed by atoms with van der Waals surface area (Å²) in [5, 5.41) is 0. The van der Waals surface area contributed by atoms with Crippen LogP contribution in [0.3, 0.4) is 0 Å². The lowest BCUT2D eigenvalue weighted by atomic mass is 10.7. The fourth-order valence-electron chi connectivity index (χ4n) is 2.66. The van der Waals surface area contributed by atoms with Crippen LogP contribution in [0.1, 0.15) is 41.5 Å². The van der Waals surface area contributed by atoms with Crippen LogP contribution in [0.2, 0.25) is 36.3 Å². The maximum Gasteiger partial charge on any atom is 0.883 e. The summed E-state index contributed by atoms with van der Waals surface area (Å²) in [6, 6.07) is 5.26. The molecule has 0 aliphatic rings. The lowest BCUT2D eigenvalue weighted by Crippen LogP contribution is -2.51. The lowest BCUT2D eigenvalue weighted by Gasteiger charge is -2.36. The Balaban J connectivity index is 5.22. The number of halogens is 3. The van der Waals surface area contributed by atoms with Crippen LogP contribution in [0.15, 0.2) is 0 Å². The molecule has 0 heterocycles. The predicted octanol–water partition coefficient (Wildman–Crippen LogP) is 5.59. The monoisotopic (exact) mass is 388 g/mol. The second kappa shape index (κ2) is 10.6. The zero-order chi connectivity index (χ0) is 18.1. The molecule has 0 rings (SSSR count). The van der Waals surface area contributed by atoms with Gasteiger partial charge in [0.15, 0.2) is 16.6 Å². The van der Waals surface area contributed by atoms with Crippen molar-refractivity contribution in [2.75, 3.05) is 6.61 Å². The van der Waals surface area contributed by atoms with Crippen LogP contribution >= 0.6 is 0 Å². The Kier molecular flexibility index (Phi) is 10.9. The fraction of sp³-hybridized carbons (Fsp3) is 1.00. The first-order valence-electron chi connectivity index (χ1n) is 8.69. The van der Waals surface area contributed by atoms with Crippen LogP contribution in [0.4, 0.5) is 13.2 Å². The van der Waals surface area contributed by atoms with Gasteiger partial charge in [0.25, 0.3) is 0 Å². The molecular formula is C14H32AlF3O3Si2. The summed E-state index contributed by atoms with van der Waals surface area (Å²) < 4.78 is 55.3. The van der Waals surface area contributed by atoms with Crippen LogP contribution in [-0.2, 0) is 10.7 Å². The molecule has 0 fully saturated rings. The van der Waals surface area contributed by atoms with E-state index in [2.05, 4.69) is 41.5 Å². The summed E-state index contributed by atoms with van der Waals surface area (Å²) in [6.45, 7) is 11.1. The molecule has 0 saturated carbocycles.